The van der Waals surface area contributed by atoms with Crippen molar-refractivity contribution in [3.63, 3.8) is 0 Å². The molecule has 0 aromatic heterocycles. The van der Waals surface area contributed by atoms with Crippen LogP contribution >= 0.6 is 0 Å². The fraction of sp³-hybridized carbons (Fsp3) is 0.562. The van der Waals surface area contributed by atoms with Gasteiger partial charge in [0.15, 0.2) is 0 Å². The zero-order valence-electron chi connectivity index (χ0n) is 11.9. The Morgan fingerprint density at radius 1 is 1.37 bits per heavy atom. The predicted molar refractivity (Wildman–Crippen MR) is 78.3 cm³/mol. The molecule has 0 bridgehead atoms. The van der Waals surface area contributed by atoms with E-state index in [0.29, 0.717) is 0 Å². The lowest BCUT2D eigenvalue weighted by Crippen LogP contribution is -2.33. The van der Waals surface area contributed by atoms with Crippen LogP contribution in [0.15, 0.2) is 24.3 Å². The van der Waals surface area contributed by atoms with Crippen LogP contribution in [-0.4, -0.2) is 25.5 Å². The minimum Gasteiger partial charge on any atom is -0.350 e. The molecule has 1 aromatic carbocycles. The number of hydrogen-bond acceptors (Lipinski definition) is 2. The van der Waals surface area contributed by atoms with Gasteiger partial charge in [0.1, 0.15) is 0 Å². The van der Waals surface area contributed by atoms with Gasteiger partial charge in [-0.05, 0) is 50.9 Å². The first-order valence-electron chi connectivity index (χ1n) is 7.24. The number of hydrogen-bond donors (Lipinski definition) is 2. The molecule has 3 heteroatoms. The van der Waals surface area contributed by atoms with E-state index in [0.717, 1.165) is 36.4 Å². The third-order valence-electron chi connectivity index (χ3n) is 3.67. The lowest BCUT2D eigenvalue weighted by molar-refractivity contribution is 0.0936. The van der Waals surface area contributed by atoms with Gasteiger partial charge in [0, 0.05) is 11.6 Å². The number of rotatable bonds is 7. The van der Waals surface area contributed by atoms with Crippen LogP contribution in [-0.2, 0) is 6.42 Å². The number of amides is 1. The highest BCUT2D eigenvalue weighted by Gasteiger charge is 2.24. The molecule has 1 atom stereocenters. The molecule has 0 saturated heterocycles. The maximum atomic E-state index is 12.3. The molecule has 19 heavy (non-hydrogen) atoms. The van der Waals surface area contributed by atoms with Gasteiger partial charge in [0.25, 0.3) is 5.91 Å². The van der Waals surface area contributed by atoms with Gasteiger partial charge in [0.05, 0.1) is 0 Å². The first-order chi connectivity index (χ1) is 9.20. The first-order valence-corrected chi connectivity index (χ1v) is 7.24. The van der Waals surface area contributed by atoms with Gasteiger partial charge < -0.3 is 10.6 Å². The lowest BCUT2D eigenvalue weighted by atomic mass is 10.0. The lowest BCUT2D eigenvalue weighted by Gasteiger charge is -2.15. The molecule has 1 unspecified atom stereocenters. The van der Waals surface area contributed by atoms with Crippen LogP contribution in [0, 0.1) is 5.92 Å². The maximum Gasteiger partial charge on any atom is 0.251 e. The second-order valence-electron chi connectivity index (χ2n) is 5.56. The molecule has 0 heterocycles. The smallest absolute Gasteiger partial charge is 0.251 e. The van der Waals surface area contributed by atoms with Crippen molar-refractivity contribution < 1.29 is 4.79 Å². The summed E-state index contributed by atoms with van der Waals surface area (Å²) in [6.07, 6.45) is 4.67. The monoisotopic (exact) mass is 260 g/mol. The number of benzene rings is 1. The fourth-order valence-corrected chi connectivity index (χ4v) is 2.43. The standard InChI is InChI=1S/C16H24N2O/c1-12(11-13-7-8-13)18-16(19)15-6-4-3-5-14(15)9-10-17-2/h3-6,12-13,17H,7-11H2,1-2H3,(H,18,19). The van der Waals surface area contributed by atoms with E-state index in [-0.39, 0.29) is 11.9 Å². The first kappa shape index (κ1) is 14.1. The predicted octanol–water partition coefficient (Wildman–Crippen LogP) is 2.37. The van der Waals surface area contributed by atoms with Gasteiger partial charge in [-0.1, -0.05) is 31.0 Å². The van der Waals surface area contributed by atoms with E-state index in [1.54, 1.807) is 0 Å². The van der Waals surface area contributed by atoms with Crippen molar-refractivity contribution >= 4 is 5.91 Å². The topological polar surface area (TPSA) is 41.1 Å². The molecule has 0 radical (unpaired) electrons. The minimum atomic E-state index is 0.0693. The Morgan fingerprint density at radius 2 is 2.11 bits per heavy atom. The molecule has 2 rings (SSSR count). The van der Waals surface area contributed by atoms with Gasteiger partial charge in [-0.3, -0.25) is 4.79 Å². The van der Waals surface area contributed by atoms with E-state index >= 15 is 0 Å². The van der Waals surface area contributed by atoms with Crippen LogP contribution in [0.25, 0.3) is 0 Å². The van der Waals surface area contributed by atoms with Crippen molar-refractivity contribution in [2.45, 2.75) is 38.6 Å². The van der Waals surface area contributed by atoms with Crippen LogP contribution in [0.2, 0.25) is 0 Å². The maximum absolute atomic E-state index is 12.3. The van der Waals surface area contributed by atoms with E-state index in [9.17, 15) is 4.79 Å². The Labute approximate surface area is 115 Å². The van der Waals surface area contributed by atoms with Crippen molar-refractivity contribution in [1.82, 2.24) is 10.6 Å². The highest BCUT2D eigenvalue weighted by molar-refractivity contribution is 5.95. The van der Waals surface area contributed by atoms with Crippen molar-refractivity contribution in [1.29, 1.82) is 0 Å². The summed E-state index contributed by atoms with van der Waals surface area (Å²) in [4.78, 5) is 12.3. The molecule has 1 fully saturated rings. The molecule has 1 aromatic rings. The summed E-state index contributed by atoms with van der Waals surface area (Å²) in [5.41, 5.74) is 1.94. The Kier molecular flexibility index (Phi) is 4.97. The summed E-state index contributed by atoms with van der Waals surface area (Å²) in [6.45, 7) is 2.99. The molecular formula is C16H24N2O. The van der Waals surface area contributed by atoms with E-state index in [1.807, 2.05) is 31.3 Å². The minimum absolute atomic E-state index is 0.0693. The van der Waals surface area contributed by atoms with Crippen molar-refractivity contribution in [2.24, 2.45) is 5.92 Å². The average Bonchev–Trinajstić information content (AvgIpc) is 3.20. The Balaban J connectivity index is 1.96. The summed E-state index contributed by atoms with van der Waals surface area (Å²) in [5, 5.41) is 6.25. The highest BCUT2D eigenvalue weighted by atomic mass is 16.1. The molecule has 1 amide bonds. The third kappa shape index (κ3) is 4.35. The third-order valence-corrected chi connectivity index (χ3v) is 3.67. The molecule has 2 N–H and O–H groups in total. The van der Waals surface area contributed by atoms with Gasteiger partial charge in [-0.25, -0.2) is 0 Å². The van der Waals surface area contributed by atoms with Crippen molar-refractivity contribution in [3.05, 3.63) is 35.4 Å². The molecule has 1 aliphatic rings. The van der Waals surface area contributed by atoms with E-state index in [2.05, 4.69) is 17.6 Å². The van der Waals surface area contributed by atoms with Crippen LogP contribution in [0.5, 0.6) is 0 Å². The highest BCUT2D eigenvalue weighted by Crippen LogP contribution is 2.33. The van der Waals surface area contributed by atoms with Gasteiger partial charge >= 0.3 is 0 Å². The number of carbonyl (C=O) groups excluding carboxylic acids is 1. The molecule has 1 saturated carbocycles. The van der Waals surface area contributed by atoms with Crippen LogP contribution in [0.1, 0.15) is 42.1 Å². The number of carbonyl (C=O) groups is 1. The molecular weight excluding hydrogens is 236 g/mol. The zero-order valence-corrected chi connectivity index (χ0v) is 11.9. The second-order valence-corrected chi connectivity index (χ2v) is 5.56. The molecule has 1 aliphatic carbocycles. The van der Waals surface area contributed by atoms with Gasteiger partial charge in [-0.2, -0.15) is 0 Å². The van der Waals surface area contributed by atoms with Crippen LogP contribution < -0.4 is 10.6 Å². The Bertz CT molecular complexity index is 427. The fourth-order valence-electron chi connectivity index (χ4n) is 2.43. The normalized spacial score (nSPS) is 16.1. The summed E-state index contributed by atoms with van der Waals surface area (Å²) in [7, 11) is 1.93. The molecule has 3 nitrogen and oxygen atoms in total. The molecule has 0 spiro atoms. The van der Waals surface area contributed by atoms with Crippen molar-refractivity contribution in [2.75, 3.05) is 13.6 Å². The van der Waals surface area contributed by atoms with Crippen molar-refractivity contribution in [3.8, 4) is 0 Å². The second kappa shape index (κ2) is 6.71. The summed E-state index contributed by atoms with van der Waals surface area (Å²) in [6, 6.07) is 8.16. The summed E-state index contributed by atoms with van der Waals surface area (Å²) < 4.78 is 0. The number of likely N-dealkylation sites (N-methyl/N-ethyl adjacent to an activating group) is 1. The number of nitrogens with one attached hydrogen (secondary N) is 2. The Hall–Kier alpha value is -1.35. The quantitative estimate of drug-likeness (QED) is 0.790. The summed E-state index contributed by atoms with van der Waals surface area (Å²) >= 11 is 0. The molecule has 0 aliphatic heterocycles. The largest absolute Gasteiger partial charge is 0.350 e. The van der Waals surface area contributed by atoms with E-state index < -0.39 is 0 Å². The summed E-state index contributed by atoms with van der Waals surface area (Å²) in [5.74, 6) is 0.912. The van der Waals surface area contributed by atoms with Gasteiger partial charge in [0.2, 0.25) is 0 Å². The average molecular weight is 260 g/mol. The van der Waals surface area contributed by atoms with Crippen LogP contribution in [0.4, 0.5) is 0 Å². The zero-order chi connectivity index (χ0) is 13.7. The van der Waals surface area contributed by atoms with E-state index in [4.69, 9.17) is 0 Å². The molecule has 104 valence electrons. The van der Waals surface area contributed by atoms with Crippen LogP contribution in [0.3, 0.4) is 0 Å². The Morgan fingerprint density at radius 3 is 2.79 bits per heavy atom. The SMILES string of the molecule is CNCCc1ccccc1C(=O)NC(C)CC1CC1. The van der Waals surface area contributed by atoms with E-state index in [1.165, 1.54) is 12.8 Å². The van der Waals surface area contributed by atoms with Gasteiger partial charge in [-0.15, -0.1) is 0 Å².